The highest BCUT2D eigenvalue weighted by atomic mass is 35.5. The smallest absolute Gasteiger partial charge is 0.356 e. The van der Waals surface area contributed by atoms with Gasteiger partial charge in [0.05, 0.1) is 36.7 Å². The van der Waals surface area contributed by atoms with Gasteiger partial charge in [-0.25, -0.2) is 51.1 Å². The second kappa shape index (κ2) is 22.6. The molecule has 7 aromatic rings. The monoisotopic (exact) mass is 974 g/mol. The number of aryl methyl sites for hydroxylation is 1. The van der Waals surface area contributed by atoms with E-state index in [-0.39, 0.29) is 33.7 Å². The van der Waals surface area contributed by atoms with Crippen LogP contribution in [0.25, 0.3) is 11.3 Å². The summed E-state index contributed by atoms with van der Waals surface area (Å²) >= 11 is 5.50. The van der Waals surface area contributed by atoms with Gasteiger partial charge in [0, 0.05) is 17.3 Å². The first-order valence-electron chi connectivity index (χ1n) is 19.4. The van der Waals surface area contributed by atoms with Crippen LogP contribution in [0.2, 0.25) is 5.15 Å². The molecule has 8 rings (SSSR count). The van der Waals surface area contributed by atoms with E-state index in [0.717, 1.165) is 66.7 Å². The molecule has 0 saturated carbocycles. The number of rotatable bonds is 7. The van der Waals surface area contributed by atoms with Crippen LogP contribution in [0.15, 0.2) is 120 Å². The van der Waals surface area contributed by atoms with Crippen molar-refractivity contribution in [3.8, 4) is 11.3 Å². The van der Waals surface area contributed by atoms with E-state index < -0.39 is 80.9 Å². The number of anilines is 3. The largest absolute Gasteiger partial charge is 0.476 e. The molecule has 0 radical (unpaired) electrons. The third-order valence-electron chi connectivity index (χ3n) is 8.94. The summed E-state index contributed by atoms with van der Waals surface area (Å²) in [6.07, 6.45) is 6.82. The van der Waals surface area contributed by atoms with E-state index in [4.69, 9.17) is 27.3 Å². The molecule has 69 heavy (non-hydrogen) atoms. The van der Waals surface area contributed by atoms with Gasteiger partial charge in [-0.2, -0.15) is 0 Å². The number of halogens is 7. The summed E-state index contributed by atoms with van der Waals surface area (Å²) in [6, 6.07) is 15.3. The number of hydrogen-bond acceptors (Lipinski definition) is 13. The lowest BCUT2D eigenvalue weighted by Crippen LogP contribution is -2.33. The predicted octanol–water partition coefficient (Wildman–Crippen LogP) is 7.74. The quantitative estimate of drug-likeness (QED) is 0.0757. The molecule has 0 saturated heterocycles. The van der Waals surface area contributed by atoms with Crippen molar-refractivity contribution < 1.29 is 55.5 Å². The van der Waals surface area contributed by atoms with Gasteiger partial charge < -0.3 is 31.3 Å². The summed E-state index contributed by atoms with van der Waals surface area (Å²) in [5.74, 6) is -7.92. The van der Waals surface area contributed by atoms with Crippen LogP contribution >= 0.6 is 11.6 Å². The van der Waals surface area contributed by atoms with Gasteiger partial charge in [0.15, 0.2) is 17.0 Å². The average molecular weight is 975 g/mol. The van der Waals surface area contributed by atoms with Crippen LogP contribution in [0.4, 0.5) is 43.4 Å². The van der Waals surface area contributed by atoms with E-state index in [2.05, 4.69) is 45.7 Å². The Morgan fingerprint density at radius 3 is 1.58 bits per heavy atom. The van der Waals surface area contributed by atoms with Gasteiger partial charge in [-0.15, -0.1) is 0 Å². The minimum atomic E-state index is -1.16. The van der Waals surface area contributed by atoms with Crippen molar-refractivity contribution in [1.82, 2.24) is 29.9 Å². The number of amides is 2. The molecule has 1 aliphatic rings. The molecule has 0 unspecified atom stereocenters. The molecular weight excluding hydrogens is 942 g/mol. The van der Waals surface area contributed by atoms with Crippen LogP contribution in [0.5, 0.6) is 0 Å². The molecular formula is C45H33ClF6N10O7. The summed E-state index contributed by atoms with van der Waals surface area (Å²) in [7, 11) is 0. The SMILES string of the molecule is Cc1ccc(C2=NOC(C)(C)C2=O)cc1-c1cnc(C(=O)Nc2c(F)cccc2F)cn1.Nc1c(F)cccc1F.O=C(Nc1c(F)cccc1F)c1cnc(Cl)cn1.O=C(O)c1c[nH]c(=O)cn1. The average Bonchev–Trinajstić information content (AvgIpc) is 3.59. The maximum atomic E-state index is 13.8. The van der Waals surface area contributed by atoms with Gasteiger partial charge in [-0.05, 0) is 68.8 Å². The number of carboxylic acids is 1. The Hall–Kier alpha value is -8.86. The number of nitrogens with zero attached hydrogens (tertiary/aromatic N) is 6. The van der Waals surface area contributed by atoms with Gasteiger partial charge in [0.1, 0.15) is 68.5 Å². The van der Waals surface area contributed by atoms with Crippen LogP contribution in [-0.2, 0) is 9.63 Å². The molecule has 3 aromatic heterocycles. The number of carbonyl (C=O) groups excluding carboxylic acids is 3. The van der Waals surface area contributed by atoms with Crippen LogP contribution in [0.1, 0.15) is 56.4 Å². The number of H-pyrrole nitrogens is 1. The van der Waals surface area contributed by atoms with E-state index in [1.165, 1.54) is 30.6 Å². The Kier molecular flexibility index (Phi) is 16.7. The topological polar surface area (TPSA) is 257 Å². The highest BCUT2D eigenvalue weighted by Gasteiger charge is 2.40. The lowest BCUT2D eigenvalue weighted by atomic mass is 9.93. The molecule has 1 aliphatic heterocycles. The molecule has 4 heterocycles. The van der Waals surface area contributed by atoms with Crippen LogP contribution in [0.3, 0.4) is 0 Å². The second-order valence-corrected chi connectivity index (χ2v) is 14.6. The number of aromatic amines is 1. The molecule has 0 aliphatic carbocycles. The van der Waals surface area contributed by atoms with Crippen molar-refractivity contribution in [2.45, 2.75) is 26.4 Å². The normalized spacial score (nSPS) is 12.0. The predicted molar refractivity (Wildman–Crippen MR) is 237 cm³/mol. The standard InChI is InChI=1S/C23H18F2N4O3.C11H6ClF2N3O.C6H5F2N.C5H4N2O3/c1-12-7-8-13(19-21(30)23(2,3)32-29-19)9-14(12)17-10-27-18(11-26-17)22(31)28-20-15(24)5-4-6-16(20)25;12-9-5-15-8(4-16-9)11(18)17-10-6(13)2-1-3-7(10)14;7-4-2-1-3-5(8)6(4)9;8-4-2-6-3(1-7-4)5(9)10/h4-11H,1-3H3,(H,28,31);1-5H,(H,17,18);1-3H,9H2;1-2H,(H,7,8)(H,9,10). The first-order chi connectivity index (χ1) is 32.7. The fourth-order valence-corrected chi connectivity index (χ4v) is 5.43. The van der Waals surface area contributed by atoms with Gasteiger partial charge in [0.25, 0.3) is 17.4 Å². The highest BCUT2D eigenvalue weighted by Crippen LogP contribution is 2.28. The molecule has 354 valence electrons. The number of nitrogens with one attached hydrogen (secondary N) is 3. The van der Waals surface area contributed by atoms with Crippen molar-refractivity contribution in [2.24, 2.45) is 5.16 Å². The maximum absolute atomic E-state index is 13.8. The Bertz CT molecular complexity index is 3060. The lowest BCUT2D eigenvalue weighted by Gasteiger charge is -2.12. The second-order valence-electron chi connectivity index (χ2n) is 14.2. The summed E-state index contributed by atoms with van der Waals surface area (Å²) in [6.45, 7) is 5.15. The number of oxime groups is 1. The fraction of sp³-hybridized carbons (Fsp3) is 0.0889. The van der Waals surface area contributed by atoms with Crippen molar-refractivity contribution >= 4 is 57.9 Å². The maximum Gasteiger partial charge on any atom is 0.356 e. The molecule has 0 fully saturated rings. The zero-order valence-electron chi connectivity index (χ0n) is 35.7. The van der Waals surface area contributed by atoms with Crippen LogP contribution in [0, 0.1) is 41.8 Å². The molecule has 24 heteroatoms. The number of aromatic carboxylic acids is 1. The third kappa shape index (κ3) is 13.4. The number of Topliss-reactive ketones (excluding diaryl/α,β-unsaturated/α-hetero) is 1. The Morgan fingerprint density at radius 1 is 0.681 bits per heavy atom. The van der Waals surface area contributed by atoms with Gasteiger partial charge >= 0.3 is 5.97 Å². The third-order valence-corrected chi connectivity index (χ3v) is 9.14. The number of nitrogen functional groups attached to an aromatic ring is 1. The Labute approximate surface area is 390 Å². The number of para-hydroxylation sites is 3. The minimum Gasteiger partial charge on any atom is -0.476 e. The molecule has 6 N–H and O–H groups in total. The number of carboxylic acid groups (broad SMARTS) is 1. The van der Waals surface area contributed by atoms with Crippen LogP contribution < -0.4 is 21.9 Å². The highest BCUT2D eigenvalue weighted by molar-refractivity contribution is 6.49. The molecule has 17 nitrogen and oxygen atoms in total. The van der Waals surface area contributed by atoms with Gasteiger partial charge in [0.2, 0.25) is 5.78 Å². The first kappa shape index (κ1) is 51.1. The van der Waals surface area contributed by atoms with Gasteiger partial charge in [-0.3, -0.25) is 24.2 Å². The summed E-state index contributed by atoms with van der Waals surface area (Å²) in [5.41, 5.74) is 4.39. The number of aromatic nitrogens is 6. The van der Waals surface area contributed by atoms with E-state index in [0.29, 0.717) is 16.8 Å². The molecule has 0 atom stereocenters. The summed E-state index contributed by atoms with van der Waals surface area (Å²) < 4.78 is 78.5. The van der Waals surface area contributed by atoms with E-state index >= 15 is 0 Å². The van der Waals surface area contributed by atoms with E-state index in [1.807, 2.05) is 13.0 Å². The number of hydrogen-bond donors (Lipinski definition) is 5. The minimum absolute atomic E-state index is 0.0953. The van der Waals surface area contributed by atoms with Crippen molar-refractivity contribution in [1.29, 1.82) is 0 Å². The summed E-state index contributed by atoms with van der Waals surface area (Å²) in [5, 5.41) is 16.6. The number of carbonyl (C=O) groups is 4. The van der Waals surface area contributed by atoms with Gasteiger partial charge in [-0.1, -0.05) is 47.1 Å². The zero-order valence-corrected chi connectivity index (χ0v) is 36.5. The molecule has 0 bridgehead atoms. The Morgan fingerprint density at radius 2 is 1.17 bits per heavy atom. The first-order valence-corrected chi connectivity index (χ1v) is 19.7. The molecule has 4 aromatic carbocycles. The van der Waals surface area contributed by atoms with Crippen molar-refractivity contribution in [3.63, 3.8) is 0 Å². The summed E-state index contributed by atoms with van der Waals surface area (Å²) in [4.78, 5) is 83.3. The van der Waals surface area contributed by atoms with Crippen LogP contribution in [-0.4, -0.2) is 69.9 Å². The van der Waals surface area contributed by atoms with Crippen molar-refractivity contribution in [2.75, 3.05) is 16.4 Å². The van der Waals surface area contributed by atoms with Crippen molar-refractivity contribution in [3.05, 3.63) is 189 Å². The number of benzene rings is 4. The Balaban J connectivity index is 0.000000199. The number of nitrogens with two attached hydrogens (primary N) is 1. The van der Waals surface area contributed by atoms with E-state index in [9.17, 15) is 50.3 Å². The zero-order chi connectivity index (χ0) is 50.6. The lowest BCUT2D eigenvalue weighted by molar-refractivity contribution is -0.128. The molecule has 2 amide bonds. The number of ketones is 1. The molecule has 0 spiro atoms. The fourth-order valence-electron chi connectivity index (χ4n) is 5.33. The van der Waals surface area contributed by atoms with E-state index in [1.54, 1.807) is 26.0 Å².